The third-order valence-corrected chi connectivity index (χ3v) is 4.30. The average Bonchev–Trinajstić information content (AvgIpc) is 2.70. The lowest BCUT2D eigenvalue weighted by Crippen LogP contribution is -2.30. The first-order valence-electron chi connectivity index (χ1n) is 8.40. The molecule has 0 heterocycles. The zero-order chi connectivity index (χ0) is 19.2. The predicted octanol–water partition coefficient (Wildman–Crippen LogP) is 5.28. The van der Waals surface area contributed by atoms with Crippen LogP contribution in [-0.4, -0.2) is 12.0 Å². The molecule has 1 atom stereocenters. The second kappa shape index (κ2) is 8.39. The van der Waals surface area contributed by atoms with E-state index >= 15 is 0 Å². The number of carbonyl (C=O) groups excluding carboxylic acids is 1. The molecule has 0 aliphatic heterocycles. The van der Waals surface area contributed by atoms with E-state index in [1.165, 1.54) is 6.07 Å². The number of halogens is 1. The van der Waals surface area contributed by atoms with Crippen LogP contribution in [0.15, 0.2) is 72.8 Å². The number of carbonyl (C=O) groups is 1. The molecular weight excluding hydrogens is 360 g/mol. The Morgan fingerprint density at radius 2 is 1.78 bits per heavy atom. The third-order valence-electron chi connectivity index (χ3n) is 4.00. The van der Waals surface area contributed by atoms with Gasteiger partial charge in [0.2, 0.25) is 0 Å². The Balaban J connectivity index is 1.75. The lowest BCUT2D eigenvalue weighted by atomic mass is 10.0. The van der Waals surface area contributed by atoms with Gasteiger partial charge in [-0.25, -0.2) is 0 Å². The van der Waals surface area contributed by atoms with Gasteiger partial charge in [-0.05, 0) is 36.8 Å². The Morgan fingerprint density at radius 1 is 1.07 bits per heavy atom. The summed E-state index contributed by atoms with van der Waals surface area (Å²) in [6, 6.07) is 24.1. The molecule has 0 unspecified atom stereocenters. The zero-order valence-corrected chi connectivity index (χ0v) is 15.4. The molecule has 0 aromatic heterocycles. The molecule has 0 radical (unpaired) electrons. The molecule has 1 amide bonds. The molecule has 4 nitrogen and oxygen atoms in total. The Hall–Kier alpha value is -3.29. The summed E-state index contributed by atoms with van der Waals surface area (Å²) >= 11 is 6.11. The number of nitrogens with zero attached hydrogens (tertiary/aromatic N) is 1. The van der Waals surface area contributed by atoms with Crippen LogP contribution in [0.4, 0.5) is 5.69 Å². The monoisotopic (exact) mass is 376 g/mol. The van der Waals surface area contributed by atoms with Crippen LogP contribution in [-0.2, 0) is 4.79 Å². The molecule has 0 aliphatic carbocycles. The molecule has 0 bridgehead atoms. The fraction of sp³-hybridized carbons (Fsp3) is 0.0909. The highest BCUT2D eigenvalue weighted by atomic mass is 35.5. The second-order valence-corrected chi connectivity index (χ2v) is 6.33. The summed E-state index contributed by atoms with van der Waals surface area (Å²) in [6.45, 7) is 1.65. The summed E-state index contributed by atoms with van der Waals surface area (Å²) in [6.07, 6.45) is -0.765. The maximum Gasteiger partial charge on any atom is 0.265 e. The van der Waals surface area contributed by atoms with Gasteiger partial charge in [0.1, 0.15) is 5.75 Å². The lowest BCUT2D eigenvalue weighted by molar-refractivity contribution is -0.122. The smallest absolute Gasteiger partial charge is 0.265 e. The number of nitriles is 1. The molecule has 0 saturated carbocycles. The summed E-state index contributed by atoms with van der Waals surface area (Å²) in [7, 11) is 0. The van der Waals surface area contributed by atoms with E-state index in [4.69, 9.17) is 21.6 Å². The number of nitrogens with one attached hydrogen (secondary N) is 1. The van der Waals surface area contributed by atoms with Gasteiger partial charge in [-0.15, -0.1) is 0 Å². The minimum absolute atomic E-state index is 0.290. The highest BCUT2D eigenvalue weighted by Crippen LogP contribution is 2.29. The minimum Gasteiger partial charge on any atom is -0.479 e. The van der Waals surface area contributed by atoms with Crippen LogP contribution in [0.25, 0.3) is 11.1 Å². The number of para-hydroxylation sites is 1. The van der Waals surface area contributed by atoms with E-state index in [0.29, 0.717) is 22.0 Å². The van der Waals surface area contributed by atoms with Crippen molar-refractivity contribution in [2.75, 3.05) is 5.32 Å². The molecule has 27 heavy (non-hydrogen) atoms. The normalized spacial score (nSPS) is 11.3. The minimum atomic E-state index is -0.765. The molecule has 3 aromatic carbocycles. The first-order chi connectivity index (χ1) is 13.1. The van der Waals surface area contributed by atoms with E-state index in [-0.39, 0.29) is 5.91 Å². The van der Waals surface area contributed by atoms with Crippen molar-refractivity contribution in [2.24, 2.45) is 0 Å². The zero-order valence-electron chi connectivity index (χ0n) is 14.6. The first-order valence-corrected chi connectivity index (χ1v) is 8.78. The summed E-state index contributed by atoms with van der Waals surface area (Å²) in [5.74, 6) is 0.0634. The number of amides is 1. The molecule has 5 heteroatoms. The van der Waals surface area contributed by atoms with Crippen molar-refractivity contribution in [1.29, 1.82) is 5.26 Å². The van der Waals surface area contributed by atoms with Gasteiger partial charge in [0, 0.05) is 11.3 Å². The van der Waals surface area contributed by atoms with Crippen LogP contribution in [0.5, 0.6) is 5.75 Å². The Bertz CT molecular complexity index is 997. The summed E-state index contributed by atoms with van der Waals surface area (Å²) in [5, 5.41) is 12.1. The summed E-state index contributed by atoms with van der Waals surface area (Å²) < 4.78 is 5.67. The van der Waals surface area contributed by atoms with Crippen molar-refractivity contribution in [3.63, 3.8) is 0 Å². The SMILES string of the molecule is C[C@H](Oc1ccc(C#N)cc1Cl)C(=O)Nc1ccccc1-c1ccccc1. The van der Waals surface area contributed by atoms with E-state index in [9.17, 15) is 4.79 Å². The van der Waals surface area contributed by atoms with Gasteiger partial charge in [0.05, 0.1) is 16.7 Å². The van der Waals surface area contributed by atoms with Crippen molar-refractivity contribution in [3.05, 3.63) is 83.4 Å². The van der Waals surface area contributed by atoms with Gasteiger partial charge in [-0.2, -0.15) is 5.26 Å². The summed E-state index contributed by atoms with van der Waals surface area (Å²) in [4.78, 5) is 12.6. The van der Waals surface area contributed by atoms with E-state index in [1.807, 2.05) is 60.7 Å². The number of rotatable bonds is 5. The van der Waals surface area contributed by atoms with E-state index in [2.05, 4.69) is 5.32 Å². The van der Waals surface area contributed by atoms with Crippen LogP contribution in [0.1, 0.15) is 12.5 Å². The Kier molecular flexibility index (Phi) is 5.75. The fourth-order valence-corrected chi connectivity index (χ4v) is 2.83. The maximum atomic E-state index is 12.6. The van der Waals surface area contributed by atoms with Gasteiger partial charge in [-0.1, -0.05) is 60.1 Å². The highest BCUT2D eigenvalue weighted by molar-refractivity contribution is 6.32. The topological polar surface area (TPSA) is 62.1 Å². The third kappa shape index (κ3) is 4.46. The number of anilines is 1. The van der Waals surface area contributed by atoms with Crippen molar-refractivity contribution in [1.82, 2.24) is 0 Å². The number of benzene rings is 3. The average molecular weight is 377 g/mol. The van der Waals surface area contributed by atoms with E-state index in [0.717, 1.165) is 11.1 Å². The van der Waals surface area contributed by atoms with Crippen molar-refractivity contribution >= 4 is 23.2 Å². The standard InChI is InChI=1S/C22H17ClN2O2/c1-15(27-21-12-11-16(14-24)13-19(21)23)22(26)25-20-10-6-5-9-18(20)17-7-3-2-4-8-17/h2-13,15H,1H3,(H,25,26)/t15-/m0/s1. The van der Waals surface area contributed by atoms with Gasteiger partial charge in [0.25, 0.3) is 5.91 Å². The fourth-order valence-electron chi connectivity index (χ4n) is 2.61. The predicted molar refractivity (Wildman–Crippen MR) is 107 cm³/mol. The second-order valence-electron chi connectivity index (χ2n) is 5.92. The van der Waals surface area contributed by atoms with Crippen molar-refractivity contribution in [3.8, 4) is 22.9 Å². The number of ether oxygens (including phenoxy) is 1. The van der Waals surface area contributed by atoms with E-state index < -0.39 is 6.10 Å². The number of hydrogen-bond donors (Lipinski definition) is 1. The quantitative estimate of drug-likeness (QED) is 0.658. The molecule has 0 spiro atoms. The van der Waals surface area contributed by atoms with Gasteiger partial charge < -0.3 is 10.1 Å². The first kappa shape index (κ1) is 18.5. The molecule has 134 valence electrons. The van der Waals surface area contributed by atoms with E-state index in [1.54, 1.807) is 19.1 Å². The molecule has 3 rings (SSSR count). The number of hydrogen-bond acceptors (Lipinski definition) is 3. The molecule has 0 aliphatic rings. The molecule has 0 fully saturated rings. The maximum absolute atomic E-state index is 12.6. The van der Waals surface area contributed by atoms with Crippen LogP contribution in [0, 0.1) is 11.3 Å². The summed E-state index contributed by atoms with van der Waals surface area (Å²) in [5.41, 5.74) is 3.07. The molecule has 0 saturated heterocycles. The molecular formula is C22H17ClN2O2. The van der Waals surface area contributed by atoms with Gasteiger partial charge in [0.15, 0.2) is 6.10 Å². The van der Waals surface area contributed by atoms with Gasteiger partial charge >= 0.3 is 0 Å². The molecule has 3 aromatic rings. The lowest BCUT2D eigenvalue weighted by Gasteiger charge is -2.17. The van der Waals surface area contributed by atoms with Crippen LogP contribution < -0.4 is 10.1 Å². The van der Waals surface area contributed by atoms with Crippen molar-refractivity contribution < 1.29 is 9.53 Å². The van der Waals surface area contributed by atoms with Gasteiger partial charge in [-0.3, -0.25) is 4.79 Å². The largest absolute Gasteiger partial charge is 0.479 e. The van der Waals surface area contributed by atoms with Crippen LogP contribution in [0.2, 0.25) is 5.02 Å². The van der Waals surface area contributed by atoms with Crippen LogP contribution in [0.3, 0.4) is 0 Å². The Morgan fingerprint density at radius 3 is 2.48 bits per heavy atom. The highest BCUT2D eigenvalue weighted by Gasteiger charge is 2.18. The molecule has 1 N–H and O–H groups in total. The van der Waals surface area contributed by atoms with Crippen LogP contribution >= 0.6 is 11.6 Å². The van der Waals surface area contributed by atoms with Crippen molar-refractivity contribution in [2.45, 2.75) is 13.0 Å². The Labute approximate surface area is 163 Å².